The molecular formula is C23H22ClN3O3. The Morgan fingerprint density at radius 3 is 2.23 bits per heavy atom. The van der Waals surface area contributed by atoms with Gasteiger partial charge < -0.3 is 10.6 Å². The number of hydrogen-bond acceptors (Lipinski definition) is 4. The Balaban J connectivity index is 1.46. The Morgan fingerprint density at radius 1 is 0.967 bits per heavy atom. The van der Waals surface area contributed by atoms with Gasteiger partial charge in [-0.2, -0.15) is 0 Å². The molecule has 2 aromatic rings. The summed E-state index contributed by atoms with van der Waals surface area (Å²) >= 11 is 6.17. The SMILES string of the molecule is Cc1ccc(N2C(=O)C(Cl)=C(Nc3ccc(C(=O)NC4CCCC4)cc3)C2=O)cc1. The maximum absolute atomic E-state index is 12.8. The van der Waals surface area contributed by atoms with Crippen LogP contribution in [0.4, 0.5) is 11.4 Å². The Bertz CT molecular complexity index is 1020. The second kappa shape index (κ2) is 8.32. The van der Waals surface area contributed by atoms with Gasteiger partial charge in [-0.15, -0.1) is 0 Å². The Morgan fingerprint density at radius 2 is 1.60 bits per heavy atom. The summed E-state index contributed by atoms with van der Waals surface area (Å²) in [6.45, 7) is 1.92. The summed E-state index contributed by atoms with van der Waals surface area (Å²) in [4.78, 5) is 38.8. The maximum atomic E-state index is 12.8. The average molecular weight is 424 g/mol. The van der Waals surface area contributed by atoms with Crippen molar-refractivity contribution in [2.24, 2.45) is 0 Å². The van der Waals surface area contributed by atoms with Crippen molar-refractivity contribution in [2.75, 3.05) is 10.2 Å². The maximum Gasteiger partial charge on any atom is 0.283 e. The van der Waals surface area contributed by atoms with E-state index >= 15 is 0 Å². The first-order valence-corrected chi connectivity index (χ1v) is 10.3. The lowest BCUT2D eigenvalue weighted by Gasteiger charge is -2.15. The van der Waals surface area contributed by atoms with Crippen LogP contribution in [0.2, 0.25) is 0 Å². The molecule has 1 aliphatic heterocycles. The van der Waals surface area contributed by atoms with Crippen molar-refractivity contribution in [2.45, 2.75) is 38.6 Å². The van der Waals surface area contributed by atoms with Crippen LogP contribution in [0.3, 0.4) is 0 Å². The lowest BCUT2D eigenvalue weighted by atomic mass is 10.1. The fourth-order valence-corrected chi connectivity index (χ4v) is 3.94. The van der Waals surface area contributed by atoms with E-state index in [1.54, 1.807) is 36.4 Å². The third-order valence-corrected chi connectivity index (χ3v) is 5.78. The smallest absolute Gasteiger partial charge is 0.283 e. The zero-order valence-electron chi connectivity index (χ0n) is 16.6. The standard InChI is InChI=1S/C23H22ClN3O3/c1-14-6-12-18(13-7-14)27-22(29)19(24)20(23(27)30)25-17-10-8-15(9-11-17)21(28)26-16-4-2-3-5-16/h6-13,16,25H,2-5H2,1H3,(H,26,28). The Labute approximate surface area is 179 Å². The van der Waals surface area contributed by atoms with E-state index in [9.17, 15) is 14.4 Å². The first kappa shape index (κ1) is 20.2. The normalized spacial score (nSPS) is 17.1. The first-order valence-electron chi connectivity index (χ1n) is 9.97. The molecule has 0 atom stereocenters. The molecule has 6 nitrogen and oxygen atoms in total. The van der Waals surface area contributed by atoms with E-state index in [4.69, 9.17) is 11.6 Å². The van der Waals surface area contributed by atoms with Gasteiger partial charge >= 0.3 is 0 Å². The molecule has 154 valence electrons. The molecule has 1 aliphatic carbocycles. The second-order valence-corrected chi connectivity index (χ2v) is 8.01. The number of nitrogens with zero attached hydrogens (tertiary/aromatic N) is 1. The molecule has 0 radical (unpaired) electrons. The number of nitrogens with one attached hydrogen (secondary N) is 2. The van der Waals surface area contributed by atoms with Crippen LogP contribution in [0.1, 0.15) is 41.6 Å². The third kappa shape index (κ3) is 3.96. The van der Waals surface area contributed by atoms with Gasteiger partial charge in [-0.1, -0.05) is 42.1 Å². The minimum Gasteiger partial charge on any atom is -0.350 e. The molecule has 1 saturated carbocycles. The van der Waals surface area contributed by atoms with Gasteiger partial charge in [0.1, 0.15) is 10.7 Å². The van der Waals surface area contributed by atoms with Crippen LogP contribution in [0.15, 0.2) is 59.3 Å². The molecule has 0 saturated heterocycles. The van der Waals surface area contributed by atoms with Crippen molar-refractivity contribution in [3.8, 4) is 0 Å². The van der Waals surface area contributed by atoms with E-state index < -0.39 is 11.8 Å². The van der Waals surface area contributed by atoms with Gasteiger partial charge in [-0.05, 0) is 56.2 Å². The average Bonchev–Trinajstić information content (AvgIpc) is 3.32. The van der Waals surface area contributed by atoms with Crippen molar-refractivity contribution in [3.63, 3.8) is 0 Å². The highest BCUT2D eigenvalue weighted by Gasteiger charge is 2.38. The summed E-state index contributed by atoms with van der Waals surface area (Å²) < 4.78 is 0. The molecule has 1 heterocycles. The number of benzene rings is 2. The summed E-state index contributed by atoms with van der Waals surface area (Å²) in [7, 11) is 0. The van der Waals surface area contributed by atoms with Gasteiger partial charge in [0, 0.05) is 17.3 Å². The molecule has 0 aromatic heterocycles. The van der Waals surface area contributed by atoms with Crippen molar-refractivity contribution in [3.05, 3.63) is 70.4 Å². The molecule has 1 fully saturated rings. The van der Waals surface area contributed by atoms with Gasteiger partial charge in [-0.25, -0.2) is 4.90 Å². The topological polar surface area (TPSA) is 78.5 Å². The summed E-state index contributed by atoms with van der Waals surface area (Å²) in [5, 5.41) is 5.80. The quantitative estimate of drug-likeness (QED) is 0.709. The number of amides is 3. The Hall–Kier alpha value is -3.12. The van der Waals surface area contributed by atoms with E-state index in [-0.39, 0.29) is 22.7 Å². The van der Waals surface area contributed by atoms with Gasteiger partial charge in [0.15, 0.2) is 0 Å². The number of aryl methyl sites for hydroxylation is 1. The molecule has 0 bridgehead atoms. The number of imide groups is 1. The first-order chi connectivity index (χ1) is 14.4. The van der Waals surface area contributed by atoms with Crippen molar-refractivity contribution in [1.29, 1.82) is 0 Å². The van der Waals surface area contributed by atoms with Gasteiger partial charge in [0.05, 0.1) is 5.69 Å². The summed E-state index contributed by atoms with van der Waals surface area (Å²) in [5.74, 6) is -1.19. The van der Waals surface area contributed by atoms with Crippen LogP contribution in [0, 0.1) is 6.92 Å². The predicted octanol–water partition coefficient (Wildman–Crippen LogP) is 4.10. The highest BCUT2D eigenvalue weighted by atomic mass is 35.5. The van der Waals surface area contributed by atoms with Crippen molar-refractivity contribution < 1.29 is 14.4 Å². The minimum atomic E-state index is -0.569. The van der Waals surface area contributed by atoms with E-state index in [1.807, 2.05) is 19.1 Å². The summed E-state index contributed by atoms with van der Waals surface area (Å²) in [6, 6.07) is 14.0. The third-order valence-electron chi connectivity index (χ3n) is 5.43. The van der Waals surface area contributed by atoms with Crippen molar-refractivity contribution in [1.82, 2.24) is 5.32 Å². The number of halogens is 1. The summed E-state index contributed by atoms with van der Waals surface area (Å²) in [6.07, 6.45) is 4.34. The molecule has 0 spiro atoms. The van der Waals surface area contributed by atoms with Crippen LogP contribution in [-0.2, 0) is 9.59 Å². The van der Waals surface area contributed by atoms with E-state index in [1.165, 1.54) is 0 Å². The molecule has 3 amide bonds. The lowest BCUT2D eigenvalue weighted by Crippen LogP contribution is -2.32. The fourth-order valence-electron chi connectivity index (χ4n) is 3.73. The number of carbonyl (C=O) groups excluding carboxylic acids is 3. The van der Waals surface area contributed by atoms with E-state index in [0.717, 1.165) is 36.1 Å². The molecule has 2 aromatic carbocycles. The Kier molecular flexibility index (Phi) is 5.59. The molecule has 2 aliphatic rings. The van der Waals surface area contributed by atoms with Crippen LogP contribution >= 0.6 is 11.6 Å². The van der Waals surface area contributed by atoms with E-state index in [2.05, 4.69) is 10.6 Å². The van der Waals surface area contributed by atoms with Gasteiger partial charge in [0.2, 0.25) is 0 Å². The molecule has 7 heteroatoms. The minimum absolute atomic E-state index is 0.0189. The monoisotopic (exact) mass is 423 g/mol. The molecule has 30 heavy (non-hydrogen) atoms. The van der Waals surface area contributed by atoms with E-state index in [0.29, 0.717) is 16.9 Å². The van der Waals surface area contributed by atoms with Crippen LogP contribution in [-0.4, -0.2) is 23.8 Å². The van der Waals surface area contributed by atoms with Gasteiger partial charge in [0.25, 0.3) is 17.7 Å². The number of hydrogen-bond donors (Lipinski definition) is 2. The summed E-state index contributed by atoms with van der Waals surface area (Å²) in [5.41, 5.74) is 2.61. The zero-order valence-corrected chi connectivity index (χ0v) is 17.3. The number of anilines is 2. The van der Waals surface area contributed by atoms with Crippen LogP contribution < -0.4 is 15.5 Å². The molecule has 2 N–H and O–H groups in total. The largest absolute Gasteiger partial charge is 0.350 e. The molecular weight excluding hydrogens is 402 g/mol. The lowest BCUT2D eigenvalue weighted by molar-refractivity contribution is -0.120. The highest BCUT2D eigenvalue weighted by molar-refractivity contribution is 6.53. The zero-order chi connectivity index (χ0) is 21.3. The van der Waals surface area contributed by atoms with Crippen LogP contribution in [0.5, 0.6) is 0 Å². The number of rotatable bonds is 5. The fraction of sp³-hybridized carbons (Fsp3) is 0.261. The number of carbonyl (C=O) groups is 3. The molecule has 0 unspecified atom stereocenters. The van der Waals surface area contributed by atoms with Crippen molar-refractivity contribution >= 4 is 40.7 Å². The predicted molar refractivity (Wildman–Crippen MR) is 116 cm³/mol. The molecule has 4 rings (SSSR count). The van der Waals surface area contributed by atoms with Gasteiger partial charge in [-0.3, -0.25) is 14.4 Å². The van der Waals surface area contributed by atoms with Crippen LogP contribution in [0.25, 0.3) is 0 Å². The second-order valence-electron chi connectivity index (χ2n) is 7.63. The highest BCUT2D eigenvalue weighted by Crippen LogP contribution is 2.30.